The van der Waals surface area contributed by atoms with E-state index in [9.17, 15) is 9.59 Å². The van der Waals surface area contributed by atoms with Crippen LogP contribution in [0, 0.1) is 11.8 Å². The smallest absolute Gasteiger partial charge is 0.242 e. The Balaban J connectivity index is 2.66. The topological polar surface area (TPSA) is 37.4 Å². The van der Waals surface area contributed by atoms with Crippen molar-refractivity contribution in [3.8, 4) is 0 Å². The number of carbonyl (C=O) groups is 2. The van der Waals surface area contributed by atoms with Gasteiger partial charge in [0.2, 0.25) is 11.8 Å². The van der Waals surface area contributed by atoms with Gasteiger partial charge in [0.1, 0.15) is 0 Å². The van der Waals surface area contributed by atoms with E-state index in [1.54, 1.807) is 6.92 Å². The van der Waals surface area contributed by atoms with E-state index in [4.69, 9.17) is 0 Å². The fourth-order valence-electron chi connectivity index (χ4n) is 1.61. The Morgan fingerprint density at radius 3 is 2.43 bits per heavy atom. The van der Waals surface area contributed by atoms with Crippen LogP contribution in [0.15, 0.2) is 0 Å². The number of rotatable bonds is 2. The maximum absolute atomic E-state index is 11.6. The lowest BCUT2D eigenvalue weighted by molar-refractivity contribution is -0.141. The molecule has 0 spiro atoms. The molecule has 0 aromatic rings. The van der Waals surface area contributed by atoms with Crippen LogP contribution in [0.1, 0.15) is 27.2 Å². The van der Waals surface area contributed by atoms with Crippen molar-refractivity contribution in [2.24, 2.45) is 11.8 Å². The van der Waals surface area contributed by atoms with Gasteiger partial charge in [-0.3, -0.25) is 14.5 Å². The fraction of sp³-hybridized carbons (Fsp3) is 0.800. The Bertz CT molecular complexity index is 251. The molecule has 0 aromatic heterocycles. The van der Waals surface area contributed by atoms with Crippen LogP contribution in [0.25, 0.3) is 0 Å². The molecule has 1 aliphatic rings. The molecule has 4 heteroatoms. The molecule has 3 nitrogen and oxygen atoms in total. The summed E-state index contributed by atoms with van der Waals surface area (Å²) in [6.07, 6.45) is 0.517. The van der Waals surface area contributed by atoms with Gasteiger partial charge in [-0.15, -0.1) is 0 Å². The van der Waals surface area contributed by atoms with E-state index >= 15 is 0 Å². The first-order valence-electron chi connectivity index (χ1n) is 4.91. The average Bonchev–Trinajstić information content (AvgIpc) is 2.46. The molecule has 14 heavy (non-hydrogen) atoms. The number of nitrogens with zero attached hydrogens (tertiary/aromatic N) is 1. The van der Waals surface area contributed by atoms with E-state index in [0.29, 0.717) is 24.8 Å². The van der Waals surface area contributed by atoms with Crippen molar-refractivity contribution in [1.29, 1.82) is 0 Å². The predicted octanol–water partition coefficient (Wildman–Crippen LogP) is 1.80. The van der Waals surface area contributed by atoms with Crippen molar-refractivity contribution in [2.45, 2.75) is 32.0 Å². The van der Waals surface area contributed by atoms with Gasteiger partial charge in [-0.1, -0.05) is 29.8 Å². The minimum Gasteiger partial charge on any atom is -0.281 e. The number of alkyl halides is 1. The van der Waals surface area contributed by atoms with Crippen LogP contribution in [0.4, 0.5) is 0 Å². The van der Waals surface area contributed by atoms with Crippen molar-refractivity contribution < 1.29 is 9.59 Å². The molecule has 2 atom stereocenters. The summed E-state index contributed by atoms with van der Waals surface area (Å²) in [6.45, 7) is 6.51. The van der Waals surface area contributed by atoms with Crippen LogP contribution in [0.3, 0.4) is 0 Å². The number of hydrogen-bond donors (Lipinski definition) is 0. The largest absolute Gasteiger partial charge is 0.281 e. The molecule has 0 saturated carbocycles. The second kappa shape index (κ2) is 4.43. The van der Waals surface area contributed by atoms with Crippen LogP contribution in [-0.4, -0.2) is 28.1 Å². The van der Waals surface area contributed by atoms with Gasteiger partial charge in [0.25, 0.3) is 0 Å². The lowest BCUT2D eigenvalue weighted by atomic mass is 9.95. The molecule has 80 valence electrons. The molecule has 2 unspecified atom stereocenters. The summed E-state index contributed by atoms with van der Waals surface area (Å²) in [5.74, 6) is 0.651. The molecule has 0 radical (unpaired) electrons. The second-order valence-corrected chi connectivity index (χ2v) is 5.54. The van der Waals surface area contributed by atoms with Crippen LogP contribution in [0.5, 0.6) is 0 Å². The Kier molecular flexibility index (Phi) is 3.70. The van der Waals surface area contributed by atoms with Crippen LogP contribution in [-0.2, 0) is 9.59 Å². The number of imide groups is 1. The summed E-state index contributed by atoms with van der Waals surface area (Å²) in [7, 11) is 0. The quantitative estimate of drug-likeness (QED) is 0.711. The maximum atomic E-state index is 11.6. The molecule has 0 aromatic carbocycles. The van der Waals surface area contributed by atoms with Crippen molar-refractivity contribution in [3.05, 3.63) is 0 Å². The molecular weight excluding hydrogens is 246 g/mol. The third-order valence-electron chi connectivity index (χ3n) is 2.70. The summed E-state index contributed by atoms with van der Waals surface area (Å²) < 4.78 is 0. The summed E-state index contributed by atoms with van der Waals surface area (Å²) >= 11 is 3.19. The maximum Gasteiger partial charge on any atom is 0.242 e. The summed E-state index contributed by atoms with van der Waals surface area (Å²) in [5, 5.41) is 0. The highest BCUT2D eigenvalue weighted by Gasteiger charge is 2.36. The van der Waals surface area contributed by atoms with E-state index < -0.39 is 0 Å². The first kappa shape index (κ1) is 11.7. The zero-order chi connectivity index (χ0) is 10.9. The molecule has 1 fully saturated rings. The molecule has 1 heterocycles. The van der Waals surface area contributed by atoms with Gasteiger partial charge in [-0.2, -0.15) is 0 Å². The van der Waals surface area contributed by atoms with Crippen molar-refractivity contribution in [3.63, 3.8) is 0 Å². The summed E-state index contributed by atoms with van der Waals surface area (Å²) in [4.78, 5) is 24.2. The van der Waals surface area contributed by atoms with E-state index in [0.717, 1.165) is 0 Å². The SMILES string of the molecule is CC(Br)C(=O)N1CC(C(C)C)CC1=O. The Morgan fingerprint density at radius 1 is 1.50 bits per heavy atom. The average molecular weight is 262 g/mol. The fourth-order valence-corrected chi connectivity index (χ4v) is 1.86. The highest BCUT2D eigenvalue weighted by molar-refractivity contribution is 9.10. The van der Waals surface area contributed by atoms with Gasteiger partial charge in [0.05, 0.1) is 4.83 Å². The number of hydrogen-bond acceptors (Lipinski definition) is 2. The third kappa shape index (κ3) is 2.35. The highest BCUT2D eigenvalue weighted by atomic mass is 79.9. The molecule has 0 aliphatic carbocycles. The number of likely N-dealkylation sites (tertiary alicyclic amines) is 1. The third-order valence-corrected chi connectivity index (χ3v) is 3.10. The minimum atomic E-state index is -0.266. The Morgan fingerprint density at radius 2 is 2.07 bits per heavy atom. The van der Waals surface area contributed by atoms with Gasteiger partial charge in [-0.25, -0.2) is 0 Å². The lowest BCUT2D eigenvalue weighted by Gasteiger charge is -2.17. The molecule has 2 amide bonds. The molecule has 1 rings (SSSR count). The van der Waals surface area contributed by atoms with Gasteiger partial charge >= 0.3 is 0 Å². The molecule has 0 N–H and O–H groups in total. The standard InChI is InChI=1S/C10H16BrNO2/c1-6(2)8-4-9(13)12(5-8)10(14)7(3)11/h6-8H,4-5H2,1-3H3. The Labute approximate surface area is 93.0 Å². The van der Waals surface area contributed by atoms with Crippen LogP contribution >= 0.6 is 15.9 Å². The van der Waals surface area contributed by atoms with E-state index in [1.165, 1.54) is 4.90 Å². The second-order valence-electron chi connectivity index (χ2n) is 4.17. The zero-order valence-corrected chi connectivity index (χ0v) is 10.4. The van der Waals surface area contributed by atoms with Gasteiger partial charge in [0, 0.05) is 13.0 Å². The Hall–Kier alpha value is -0.380. The predicted molar refractivity (Wildman–Crippen MR) is 58.1 cm³/mol. The van der Waals surface area contributed by atoms with Crippen molar-refractivity contribution >= 4 is 27.7 Å². The van der Waals surface area contributed by atoms with Crippen molar-refractivity contribution in [2.75, 3.05) is 6.54 Å². The number of carbonyl (C=O) groups excluding carboxylic acids is 2. The zero-order valence-electron chi connectivity index (χ0n) is 8.79. The summed E-state index contributed by atoms with van der Waals surface area (Å²) in [6, 6.07) is 0. The lowest BCUT2D eigenvalue weighted by Crippen LogP contribution is -2.36. The number of amides is 2. The van der Waals surface area contributed by atoms with Crippen molar-refractivity contribution in [1.82, 2.24) is 4.90 Å². The van der Waals surface area contributed by atoms with E-state index in [1.807, 2.05) is 0 Å². The normalized spacial score (nSPS) is 24.5. The van der Waals surface area contributed by atoms with Crippen LogP contribution < -0.4 is 0 Å². The molecular formula is C10H16BrNO2. The first-order chi connectivity index (χ1) is 6.43. The monoisotopic (exact) mass is 261 g/mol. The van der Waals surface area contributed by atoms with Gasteiger partial charge in [0.15, 0.2) is 0 Å². The number of halogens is 1. The van der Waals surface area contributed by atoms with E-state index in [2.05, 4.69) is 29.8 Å². The highest BCUT2D eigenvalue weighted by Crippen LogP contribution is 2.25. The van der Waals surface area contributed by atoms with E-state index in [-0.39, 0.29) is 16.6 Å². The minimum absolute atomic E-state index is 0.0278. The molecule has 0 bridgehead atoms. The van der Waals surface area contributed by atoms with Crippen LogP contribution in [0.2, 0.25) is 0 Å². The molecule has 1 saturated heterocycles. The van der Waals surface area contributed by atoms with Gasteiger partial charge in [-0.05, 0) is 18.8 Å². The summed E-state index contributed by atoms with van der Waals surface area (Å²) in [5.41, 5.74) is 0. The van der Waals surface area contributed by atoms with Gasteiger partial charge < -0.3 is 0 Å². The first-order valence-corrected chi connectivity index (χ1v) is 5.83. The molecule has 1 aliphatic heterocycles.